The first-order valence-electron chi connectivity index (χ1n) is 5.13. The summed E-state index contributed by atoms with van der Waals surface area (Å²) in [4.78, 5) is 4.04. The Morgan fingerprint density at radius 3 is 2.72 bits per heavy atom. The molecule has 96 valence electrons. The summed E-state index contributed by atoms with van der Waals surface area (Å²) >= 11 is 0. The van der Waals surface area contributed by atoms with Crippen LogP contribution in [0.15, 0.2) is 28.8 Å². The minimum absolute atomic E-state index is 0.0680. The monoisotopic (exact) mass is 268 g/mol. The van der Waals surface area contributed by atoms with Gasteiger partial charge in [0.05, 0.1) is 12.7 Å². The number of para-hydroxylation sites is 1. The molecule has 0 amide bonds. The van der Waals surface area contributed by atoms with Crippen molar-refractivity contribution in [1.82, 2.24) is 10.1 Å². The summed E-state index contributed by atoms with van der Waals surface area (Å²) < 4.78 is 32.3. The number of hydrogen-bond acceptors (Lipinski definition) is 6. The van der Waals surface area contributed by atoms with Gasteiger partial charge in [0, 0.05) is 6.26 Å². The number of hydrogen-bond donors (Lipinski definition) is 0. The van der Waals surface area contributed by atoms with Crippen molar-refractivity contribution in [3.8, 4) is 17.1 Å². The highest BCUT2D eigenvalue weighted by Gasteiger charge is 2.15. The summed E-state index contributed by atoms with van der Waals surface area (Å²) in [5.41, 5.74) is 0.656. The molecule has 1 heterocycles. The van der Waals surface area contributed by atoms with Gasteiger partial charge in [-0.05, 0) is 12.1 Å². The molecule has 0 atom stereocenters. The molecule has 2 rings (SSSR count). The molecule has 0 saturated carbocycles. The molecule has 0 spiro atoms. The van der Waals surface area contributed by atoms with Gasteiger partial charge in [-0.1, -0.05) is 17.3 Å². The summed E-state index contributed by atoms with van der Waals surface area (Å²) in [7, 11) is -1.65. The molecule has 2 aromatic rings. The van der Waals surface area contributed by atoms with Gasteiger partial charge in [-0.3, -0.25) is 0 Å². The third kappa shape index (κ3) is 2.86. The summed E-state index contributed by atoms with van der Waals surface area (Å²) in [6.07, 6.45) is 1.11. The fourth-order valence-electron chi connectivity index (χ4n) is 1.48. The van der Waals surface area contributed by atoms with Gasteiger partial charge in [0.15, 0.2) is 9.84 Å². The lowest BCUT2D eigenvalue weighted by molar-refractivity contribution is 0.388. The number of sulfone groups is 1. The number of methoxy groups -OCH3 is 1. The van der Waals surface area contributed by atoms with Gasteiger partial charge in [0.1, 0.15) is 11.5 Å². The lowest BCUT2D eigenvalue weighted by atomic mass is 10.2. The van der Waals surface area contributed by atoms with Crippen molar-refractivity contribution in [2.24, 2.45) is 0 Å². The molecule has 0 fully saturated rings. The van der Waals surface area contributed by atoms with E-state index in [1.807, 2.05) is 12.1 Å². The van der Waals surface area contributed by atoms with Crippen LogP contribution in [0.5, 0.6) is 5.75 Å². The van der Waals surface area contributed by atoms with Crippen molar-refractivity contribution >= 4 is 9.84 Å². The van der Waals surface area contributed by atoms with Crippen LogP contribution in [0.1, 0.15) is 5.89 Å². The zero-order valence-corrected chi connectivity index (χ0v) is 10.8. The van der Waals surface area contributed by atoms with Gasteiger partial charge in [-0.2, -0.15) is 4.98 Å². The zero-order valence-electron chi connectivity index (χ0n) is 9.95. The van der Waals surface area contributed by atoms with Gasteiger partial charge in [-0.15, -0.1) is 0 Å². The molecule has 0 bridgehead atoms. The normalized spacial score (nSPS) is 11.4. The highest BCUT2D eigenvalue weighted by Crippen LogP contribution is 2.27. The van der Waals surface area contributed by atoms with Crippen molar-refractivity contribution in [1.29, 1.82) is 0 Å². The molecule has 0 saturated heterocycles. The van der Waals surface area contributed by atoms with Crippen LogP contribution in [0.25, 0.3) is 11.4 Å². The SMILES string of the molecule is COc1ccccc1-c1noc(CS(C)(=O)=O)n1. The van der Waals surface area contributed by atoms with Crippen molar-refractivity contribution in [3.63, 3.8) is 0 Å². The van der Waals surface area contributed by atoms with Crippen LogP contribution in [-0.2, 0) is 15.6 Å². The van der Waals surface area contributed by atoms with Crippen LogP contribution in [-0.4, -0.2) is 31.9 Å². The van der Waals surface area contributed by atoms with Crippen molar-refractivity contribution in [3.05, 3.63) is 30.2 Å². The highest BCUT2D eigenvalue weighted by molar-refractivity contribution is 7.89. The van der Waals surface area contributed by atoms with Crippen molar-refractivity contribution in [2.75, 3.05) is 13.4 Å². The molecule has 18 heavy (non-hydrogen) atoms. The summed E-state index contributed by atoms with van der Waals surface area (Å²) in [6, 6.07) is 7.17. The van der Waals surface area contributed by atoms with E-state index in [0.717, 1.165) is 6.26 Å². The number of rotatable bonds is 4. The fraction of sp³-hybridized carbons (Fsp3) is 0.273. The molecule has 0 unspecified atom stereocenters. The minimum Gasteiger partial charge on any atom is -0.496 e. The Morgan fingerprint density at radius 2 is 2.06 bits per heavy atom. The maximum atomic E-state index is 11.1. The lowest BCUT2D eigenvalue weighted by Gasteiger charge is -2.02. The molecule has 0 aliphatic carbocycles. The second kappa shape index (κ2) is 4.77. The number of ether oxygens (including phenoxy) is 1. The Balaban J connectivity index is 2.35. The Hall–Kier alpha value is -1.89. The molecule has 1 aromatic heterocycles. The largest absolute Gasteiger partial charge is 0.496 e. The average molecular weight is 268 g/mol. The van der Waals surface area contributed by atoms with E-state index in [1.54, 1.807) is 12.1 Å². The third-order valence-corrected chi connectivity index (χ3v) is 2.97. The first-order valence-corrected chi connectivity index (χ1v) is 7.19. The van der Waals surface area contributed by atoms with E-state index in [2.05, 4.69) is 10.1 Å². The Morgan fingerprint density at radius 1 is 1.33 bits per heavy atom. The lowest BCUT2D eigenvalue weighted by Crippen LogP contribution is -2.00. The third-order valence-electron chi connectivity index (χ3n) is 2.20. The minimum atomic E-state index is -3.19. The van der Waals surface area contributed by atoms with E-state index in [1.165, 1.54) is 7.11 Å². The van der Waals surface area contributed by atoms with E-state index >= 15 is 0 Å². The van der Waals surface area contributed by atoms with Crippen LogP contribution in [0.3, 0.4) is 0 Å². The molecule has 6 nitrogen and oxygen atoms in total. The van der Waals surface area contributed by atoms with Crippen molar-refractivity contribution in [2.45, 2.75) is 5.75 Å². The molecular weight excluding hydrogens is 256 g/mol. The molecule has 0 aliphatic heterocycles. The summed E-state index contributed by atoms with van der Waals surface area (Å²) in [5, 5.41) is 3.75. The standard InChI is InChI=1S/C11H12N2O4S/c1-16-9-6-4-3-5-8(9)11-12-10(17-13-11)7-18(2,14)15/h3-6H,7H2,1-2H3. The topological polar surface area (TPSA) is 82.3 Å². The second-order valence-corrected chi connectivity index (χ2v) is 5.92. The maximum Gasteiger partial charge on any atom is 0.242 e. The molecule has 0 radical (unpaired) electrons. The van der Waals surface area contributed by atoms with Crippen molar-refractivity contribution < 1.29 is 17.7 Å². The predicted octanol–water partition coefficient (Wildman–Crippen LogP) is 1.29. The van der Waals surface area contributed by atoms with Gasteiger partial charge >= 0.3 is 0 Å². The molecule has 0 aliphatic rings. The smallest absolute Gasteiger partial charge is 0.242 e. The van der Waals surface area contributed by atoms with Gasteiger partial charge in [0.2, 0.25) is 11.7 Å². The fourth-order valence-corrected chi connectivity index (χ4v) is 2.04. The van der Waals surface area contributed by atoms with Gasteiger partial charge in [-0.25, -0.2) is 8.42 Å². The van der Waals surface area contributed by atoms with E-state index in [9.17, 15) is 8.42 Å². The van der Waals surface area contributed by atoms with Gasteiger partial charge < -0.3 is 9.26 Å². The molecule has 7 heteroatoms. The van der Waals surface area contributed by atoms with Crippen LogP contribution >= 0.6 is 0 Å². The van der Waals surface area contributed by atoms with Crippen LogP contribution in [0, 0.1) is 0 Å². The molecular formula is C11H12N2O4S. The number of nitrogens with zero attached hydrogens (tertiary/aromatic N) is 2. The van der Waals surface area contributed by atoms with E-state index in [0.29, 0.717) is 17.1 Å². The van der Waals surface area contributed by atoms with E-state index < -0.39 is 9.84 Å². The predicted molar refractivity (Wildman–Crippen MR) is 64.8 cm³/mol. The Kier molecular flexibility index (Phi) is 3.33. The second-order valence-electron chi connectivity index (χ2n) is 3.78. The summed E-state index contributed by atoms with van der Waals surface area (Å²) in [5.74, 6) is 0.712. The average Bonchev–Trinajstić information content (AvgIpc) is 2.75. The molecule has 0 N–H and O–H groups in total. The first-order chi connectivity index (χ1) is 8.49. The van der Waals surface area contributed by atoms with E-state index in [-0.39, 0.29) is 11.6 Å². The highest BCUT2D eigenvalue weighted by atomic mass is 32.2. The van der Waals surface area contributed by atoms with E-state index in [4.69, 9.17) is 9.26 Å². The Bertz CT molecular complexity index is 649. The first kappa shape index (κ1) is 12.6. The van der Waals surface area contributed by atoms with Crippen LogP contribution < -0.4 is 4.74 Å². The van der Waals surface area contributed by atoms with Crippen LogP contribution in [0.4, 0.5) is 0 Å². The van der Waals surface area contributed by atoms with Crippen LogP contribution in [0.2, 0.25) is 0 Å². The molecule has 1 aromatic carbocycles. The zero-order chi connectivity index (χ0) is 13.2. The quantitative estimate of drug-likeness (QED) is 0.831. The van der Waals surface area contributed by atoms with Gasteiger partial charge in [0.25, 0.3) is 0 Å². The number of benzene rings is 1. The summed E-state index contributed by atoms with van der Waals surface area (Å²) in [6.45, 7) is 0. The maximum absolute atomic E-state index is 11.1. The Labute approximate surface area is 105 Å². The number of aromatic nitrogens is 2.